The second-order valence-corrected chi connectivity index (χ2v) is 7.56. The van der Waals surface area contributed by atoms with Crippen LogP contribution in [0.3, 0.4) is 0 Å². The number of quaternary nitrogens is 1. The Morgan fingerprint density at radius 2 is 1.76 bits per heavy atom. The van der Waals surface area contributed by atoms with Crippen molar-refractivity contribution in [1.29, 1.82) is 0 Å². The molecule has 1 N–H and O–H groups in total. The summed E-state index contributed by atoms with van der Waals surface area (Å²) in [4.78, 5) is 22.7. The third-order valence-corrected chi connectivity index (χ3v) is 3.65. The van der Waals surface area contributed by atoms with Crippen molar-refractivity contribution in [2.75, 3.05) is 27.7 Å². The molecular weight excluding hydrogens is 322 g/mol. The summed E-state index contributed by atoms with van der Waals surface area (Å²) < 4.78 is 5.67. The summed E-state index contributed by atoms with van der Waals surface area (Å²) in [6.45, 7) is 2.54. The zero-order valence-electron chi connectivity index (χ0n) is 16.2. The zero-order valence-corrected chi connectivity index (χ0v) is 16.2. The number of carboxylic acid groups (broad SMARTS) is 1. The van der Waals surface area contributed by atoms with Gasteiger partial charge in [-0.25, -0.2) is 0 Å². The van der Waals surface area contributed by atoms with Gasteiger partial charge in [-0.3, -0.25) is 4.79 Å². The molecule has 0 saturated heterocycles. The molecule has 6 nitrogen and oxygen atoms in total. The molecule has 0 fully saturated rings. The summed E-state index contributed by atoms with van der Waals surface area (Å²) in [5.74, 6) is -1.85. The quantitative estimate of drug-likeness (QED) is 0.220. The van der Waals surface area contributed by atoms with Gasteiger partial charge in [-0.2, -0.15) is 0 Å². The van der Waals surface area contributed by atoms with Crippen LogP contribution in [-0.2, 0) is 14.3 Å². The molecule has 146 valence electrons. The van der Waals surface area contributed by atoms with Crippen LogP contribution in [0.1, 0.15) is 58.3 Å². The van der Waals surface area contributed by atoms with Crippen molar-refractivity contribution in [3.63, 3.8) is 0 Å². The van der Waals surface area contributed by atoms with Gasteiger partial charge in [0, 0.05) is 12.4 Å². The van der Waals surface area contributed by atoms with Gasteiger partial charge in [0.05, 0.1) is 33.7 Å². The highest BCUT2D eigenvalue weighted by molar-refractivity contribution is 5.71. The minimum atomic E-state index is -1.25. The molecule has 0 aliphatic carbocycles. The maximum absolute atomic E-state index is 11.9. The van der Waals surface area contributed by atoms with Gasteiger partial charge in [-0.15, -0.1) is 0 Å². The molecule has 0 heterocycles. The molecule has 0 radical (unpaired) electrons. The van der Waals surface area contributed by atoms with Crippen LogP contribution >= 0.6 is 0 Å². The van der Waals surface area contributed by atoms with E-state index < -0.39 is 24.1 Å². The van der Waals surface area contributed by atoms with Crippen LogP contribution in [0.4, 0.5) is 0 Å². The maximum Gasteiger partial charge on any atom is 0.309 e. The zero-order chi connectivity index (χ0) is 19.3. The number of unbranched alkanes of at least 4 members (excludes halogenated alkanes) is 5. The molecular formula is C19H35NO5. The lowest BCUT2D eigenvalue weighted by Gasteiger charge is -2.29. The van der Waals surface area contributed by atoms with Crippen molar-refractivity contribution in [2.45, 2.75) is 70.5 Å². The molecule has 0 rings (SSSR count). The number of rotatable bonds is 14. The third-order valence-electron chi connectivity index (χ3n) is 3.65. The minimum Gasteiger partial charge on any atom is -0.550 e. The number of esters is 1. The van der Waals surface area contributed by atoms with Crippen LogP contribution in [0.2, 0.25) is 0 Å². The number of carbonyl (C=O) groups is 2. The van der Waals surface area contributed by atoms with E-state index in [1.165, 1.54) is 25.7 Å². The SMILES string of the molecule is CCCCCCC/C=C/C(O)CC(=O)OC(CC(=O)[O-])C[N+](C)(C)C. The fourth-order valence-corrected chi connectivity index (χ4v) is 2.53. The summed E-state index contributed by atoms with van der Waals surface area (Å²) in [5.41, 5.74) is 0. The Morgan fingerprint density at radius 1 is 1.12 bits per heavy atom. The number of nitrogens with zero attached hydrogens (tertiary/aromatic N) is 1. The standard InChI is InChI=1S/C19H35NO5/c1-5-6-7-8-9-10-11-12-16(21)13-19(24)25-17(14-18(22)23)15-20(2,3)4/h11-12,16-17,21H,5-10,13-15H2,1-4H3/b12-11+. The summed E-state index contributed by atoms with van der Waals surface area (Å²) in [5, 5.41) is 20.7. The molecule has 2 unspecified atom stereocenters. The van der Waals surface area contributed by atoms with Crippen LogP contribution < -0.4 is 5.11 Å². The topological polar surface area (TPSA) is 86.7 Å². The molecule has 0 saturated carbocycles. The Balaban J connectivity index is 4.19. The number of likely N-dealkylation sites (N-methyl/N-ethyl adjacent to an activating group) is 1. The molecule has 0 aromatic rings. The average molecular weight is 357 g/mol. The first-order chi connectivity index (χ1) is 11.6. The highest BCUT2D eigenvalue weighted by atomic mass is 16.5. The summed E-state index contributed by atoms with van der Waals surface area (Å²) in [6, 6.07) is 0. The molecule has 2 atom stereocenters. The van der Waals surface area contributed by atoms with Crippen molar-refractivity contribution >= 4 is 11.9 Å². The normalized spacial score (nSPS) is 14.4. The van der Waals surface area contributed by atoms with Crippen LogP contribution in [0.25, 0.3) is 0 Å². The second kappa shape index (κ2) is 12.9. The van der Waals surface area contributed by atoms with Gasteiger partial charge in [-0.05, 0) is 12.8 Å². The smallest absolute Gasteiger partial charge is 0.309 e. The Morgan fingerprint density at radius 3 is 2.32 bits per heavy atom. The van der Waals surface area contributed by atoms with E-state index in [4.69, 9.17) is 4.74 Å². The molecule has 0 aliphatic heterocycles. The Labute approximate surface area is 152 Å². The van der Waals surface area contributed by atoms with Gasteiger partial charge in [0.25, 0.3) is 0 Å². The number of aliphatic hydroxyl groups is 1. The Hall–Kier alpha value is -1.40. The van der Waals surface area contributed by atoms with Crippen molar-refractivity contribution in [3.8, 4) is 0 Å². The van der Waals surface area contributed by atoms with E-state index in [2.05, 4.69) is 6.92 Å². The van der Waals surface area contributed by atoms with Gasteiger partial charge in [0.15, 0.2) is 6.10 Å². The van der Waals surface area contributed by atoms with E-state index >= 15 is 0 Å². The number of hydrogen-bond donors (Lipinski definition) is 1. The Bertz CT molecular complexity index is 415. The monoisotopic (exact) mass is 357 g/mol. The lowest BCUT2D eigenvalue weighted by Crippen LogP contribution is -2.45. The Kier molecular flexibility index (Phi) is 12.2. The summed E-state index contributed by atoms with van der Waals surface area (Å²) in [6.07, 6.45) is 8.12. The molecule has 0 amide bonds. The third kappa shape index (κ3) is 15.8. The first-order valence-electron chi connectivity index (χ1n) is 9.18. The van der Waals surface area contributed by atoms with Gasteiger partial charge in [0.1, 0.15) is 6.54 Å². The predicted molar refractivity (Wildman–Crippen MR) is 95.5 cm³/mol. The van der Waals surface area contributed by atoms with Crippen molar-refractivity contribution in [2.24, 2.45) is 0 Å². The van der Waals surface area contributed by atoms with Crippen LogP contribution in [0, 0.1) is 0 Å². The van der Waals surface area contributed by atoms with E-state index in [9.17, 15) is 19.8 Å². The molecule has 0 aromatic carbocycles. The summed E-state index contributed by atoms with van der Waals surface area (Å²) in [7, 11) is 5.65. The van der Waals surface area contributed by atoms with E-state index in [1.807, 2.05) is 27.2 Å². The van der Waals surface area contributed by atoms with Crippen LogP contribution in [0.15, 0.2) is 12.2 Å². The maximum atomic E-state index is 11.9. The lowest BCUT2D eigenvalue weighted by atomic mass is 10.1. The van der Waals surface area contributed by atoms with E-state index in [0.717, 1.165) is 12.8 Å². The van der Waals surface area contributed by atoms with E-state index in [1.54, 1.807) is 6.08 Å². The largest absolute Gasteiger partial charge is 0.550 e. The number of carbonyl (C=O) groups excluding carboxylic acids is 2. The van der Waals surface area contributed by atoms with E-state index in [-0.39, 0.29) is 12.8 Å². The first-order valence-corrected chi connectivity index (χ1v) is 9.18. The van der Waals surface area contributed by atoms with Crippen molar-refractivity contribution in [3.05, 3.63) is 12.2 Å². The van der Waals surface area contributed by atoms with Gasteiger partial charge < -0.3 is 24.2 Å². The number of ether oxygens (including phenoxy) is 1. The van der Waals surface area contributed by atoms with Crippen LogP contribution in [0.5, 0.6) is 0 Å². The fourth-order valence-electron chi connectivity index (χ4n) is 2.53. The van der Waals surface area contributed by atoms with Gasteiger partial charge in [-0.1, -0.05) is 44.8 Å². The van der Waals surface area contributed by atoms with Crippen molar-refractivity contribution in [1.82, 2.24) is 0 Å². The number of allylic oxidation sites excluding steroid dienone is 1. The number of aliphatic hydroxyl groups excluding tert-OH is 1. The fraction of sp³-hybridized carbons (Fsp3) is 0.789. The van der Waals surface area contributed by atoms with Crippen molar-refractivity contribution < 1.29 is 29.0 Å². The van der Waals surface area contributed by atoms with Gasteiger partial charge in [0.2, 0.25) is 0 Å². The molecule has 0 bridgehead atoms. The molecule has 0 spiro atoms. The van der Waals surface area contributed by atoms with Gasteiger partial charge >= 0.3 is 5.97 Å². The number of carboxylic acids is 1. The average Bonchev–Trinajstić information content (AvgIpc) is 2.43. The minimum absolute atomic E-state index is 0.174. The molecule has 0 aliphatic rings. The highest BCUT2D eigenvalue weighted by Crippen LogP contribution is 2.09. The van der Waals surface area contributed by atoms with Crippen LogP contribution in [-0.4, -0.2) is 61.4 Å². The molecule has 25 heavy (non-hydrogen) atoms. The molecule has 0 aromatic heterocycles. The predicted octanol–water partition coefficient (Wildman–Crippen LogP) is 1.41. The highest BCUT2D eigenvalue weighted by Gasteiger charge is 2.23. The first kappa shape index (κ1) is 23.6. The number of aliphatic carboxylic acids is 1. The summed E-state index contributed by atoms with van der Waals surface area (Å²) >= 11 is 0. The molecule has 6 heteroatoms. The van der Waals surface area contributed by atoms with E-state index in [0.29, 0.717) is 11.0 Å². The lowest BCUT2D eigenvalue weighted by molar-refractivity contribution is -0.873. The second-order valence-electron chi connectivity index (χ2n) is 7.56. The number of hydrogen-bond acceptors (Lipinski definition) is 5.